The van der Waals surface area contributed by atoms with Crippen LogP contribution in [0.1, 0.15) is 18.9 Å². The lowest BCUT2D eigenvalue weighted by Crippen LogP contribution is -2.13. The van der Waals surface area contributed by atoms with E-state index in [9.17, 15) is 4.39 Å². The van der Waals surface area contributed by atoms with Crippen LogP contribution in [0.25, 0.3) is 11.0 Å². The Labute approximate surface area is 98.4 Å². The minimum Gasteiger partial charge on any atom is -0.461 e. The first-order valence-corrected chi connectivity index (χ1v) is 5.66. The normalized spacial score (nSPS) is 11.2. The maximum atomic E-state index is 13.6. The maximum Gasteiger partial charge on any atom is 0.184 e. The quantitative estimate of drug-likeness (QED) is 0.826. The average molecular weight is 242 g/mol. The summed E-state index contributed by atoms with van der Waals surface area (Å²) in [6, 6.07) is 3.34. The van der Waals surface area contributed by atoms with Gasteiger partial charge in [0.15, 0.2) is 11.4 Å². The number of hydrogen-bond acceptors (Lipinski definition) is 2. The summed E-state index contributed by atoms with van der Waals surface area (Å²) in [7, 11) is 0. The van der Waals surface area contributed by atoms with Gasteiger partial charge in [0.1, 0.15) is 0 Å². The Morgan fingerprint density at radius 2 is 2.25 bits per heavy atom. The summed E-state index contributed by atoms with van der Waals surface area (Å²) in [6.07, 6.45) is 2.64. The zero-order valence-corrected chi connectivity index (χ0v) is 9.77. The second kappa shape index (κ2) is 4.85. The number of hydrogen-bond donors (Lipinski definition) is 1. The van der Waals surface area contributed by atoms with Gasteiger partial charge in [-0.1, -0.05) is 18.5 Å². The minimum absolute atomic E-state index is 0.0925. The molecule has 1 aromatic carbocycles. The summed E-state index contributed by atoms with van der Waals surface area (Å²) in [5.74, 6) is -0.485. The van der Waals surface area contributed by atoms with Crippen molar-refractivity contribution in [3.63, 3.8) is 0 Å². The van der Waals surface area contributed by atoms with E-state index in [0.29, 0.717) is 6.54 Å². The molecule has 0 unspecified atom stereocenters. The minimum atomic E-state index is -0.485. The van der Waals surface area contributed by atoms with E-state index in [0.717, 1.165) is 23.9 Å². The summed E-state index contributed by atoms with van der Waals surface area (Å²) in [6.45, 7) is 3.71. The van der Waals surface area contributed by atoms with Crippen LogP contribution in [0.4, 0.5) is 4.39 Å². The van der Waals surface area contributed by atoms with Crippen molar-refractivity contribution in [3.05, 3.63) is 34.8 Å². The van der Waals surface area contributed by atoms with Crippen LogP contribution in [0.3, 0.4) is 0 Å². The van der Waals surface area contributed by atoms with Crippen molar-refractivity contribution in [2.24, 2.45) is 0 Å². The highest BCUT2D eigenvalue weighted by molar-refractivity contribution is 6.31. The highest BCUT2D eigenvalue weighted by Gasteiger charge is 2.12. The van der Waals surface area contributed by atoms with Gasteiger partial charge in [-0.3, -0.25) is 0 Å². The Morgan fingerprint density at radius 1 is 1.44 bits per heavy atom. The van der Waals surface area contributed by atoms with Gasteiger partial charge in [-0.2, -0.15) is 0 Å². The molecule has 1 N–H and O–H groups in total. The molecule has 0 radical (unpaired) electrons. The van der Waals surface area contributed by atoms with Crippen molar-refractivity contribution in [1.82, 2.24) is 5.32 Å². The predicted molar refractivity (Wildman–Crippen MR) is 63.2 cm³/mol. The molecule has 4 heteroatoms. The third kappa shape index (κ3) is 2.06. The zero-order valence-electron chi connectivity index (χ0n) is 9.02. The fourth-order valence-electron chi connectivity index (χ4n) is 1.63. The van der Waals surface area contributed by atoms with E-state index in [-0.39, 0.29) is 10.6 Å². The standard InChI is InChI=1S/C12H13ClFNO/c1-2-5-15-6-8-7-16-12-9(8)3-4-10(13)11(12)14/h3-4,7,15H,2,5-6H2,1H3. The Bertz CT molecular complexity index is 495. The molecule has 16 heavy (non-hydrogen) atoms. The van der Waals surface area contributed by atoms with Crippen molar-refractivity contribution in [2.45, 2.75) is 19.9 Å². The molecule has 0 amide bonds. The summed E-state index contributed by atoms with van der Waals surface area (Å²) >= 11 is 5.67. The number of rotatable bonds is 4. The van der Waals surface area contributed by atoms with E-state index < -0.39 is 5.82 Å². The van der Waals surface area contributed by atoms with Gasteiger partial charge >= 0.3 is 0 Å². The monoisotopic (exact) mass is 241 g/mol. The predicted octanol–water partition coefficient (Wildman–Crippen LogP) is 3.72. The molecule has 0 atom stereocenters. The molecule has 86 valence electrons. The second-order valence-electron chi connectivity index (χ2n) is 3.68. The Hall–Kier alpha value is -1.06. The second-order valence-corrected chi connectivity index (χ2v) is 4.08. The van der Waals surface area contributed by atoms with E-state index in [1.165, 1.54) is 0 Å². The van der Waals surface area contributed by atoms with Crippen molar-refractivity contribution in [2.75, 3.05) is 6.54 Å². The van der Waals surface area contributed by atoms with Gasteiger partial charge < -0.3 is 9.73 Å². The van der Waals surface area contributed by atoms with Crippen LogP contribution in [0.2, 0.25) is 5.02 Å². The molecule has 0 aliphatic carbocycles. The molecule has 0 bridgehead atoms. The molecule has 2 rings (SSSR count). The van der Waals surface area contributed by atoms with Crippen molar-refractivity contribution < 1.29 is 8.81 Å². The number of furan rings is 1. The van der Waals surface area contributed by atoms with E-state index in [1.54, 1.807) is 18.4 Å². The molecule has 0 saturated carbocycles. The van der Waals surface area contributed by atoms with E-state index in [4.69, 9.17) is 16.0 Å². The molecule has 2 nitrogen and oxygen atoms in total. The summed E-state index contributed by atoms with van der Waals surface area (Å²) in [4.78, 5) is 0. The summed E-state index contributed by atoms with van der Waals surface area (Å²) in [5, 5.41) is 4.12. The summed E-state index contributed by atoms with van der Waals surface area (Å²) in [5.41, 5.74) is 1.19. The number of halogens is 2. The maximum absolute atomic E-state index is 13.6. The third-order valence-electron chi connectivity index (χ3n) is 2.46. The van der Waals surface area contributed by atoms with Gasteiger partial charge in [0.25, 0.3) is 0 Å². The van der Waals surface area contributed by atoms with E-state index in [1.807, 2.05) is 0 Å². The van der Waals surface area contributed by atoms with Crippen LogP contribution in [0.5, 0.6) is 0 Å². The SMILES string of the molecule is CCCNCc1coc2c(F)c(Cl)ccc12. The van der Waals surface area contributed by atoms with Crippen molar-refractivity contribution >= 4 is 22.6 Å². The molecule has 0 fully saturated rings. The number of nitrogens with one attached hydrogen (secondary N) is 1. The molecular formula is C12H13ClFNO. The third-order valence-corrected chi connectivity index (χ3v) is 2.75. The van der Waals surface area contributed by atoms with Gasteiger partial charge in [0.2, 0.25) is 0 Å². The molecule has 1 heterocycles. The zero-order chi connectivity index (χ0) is 11.5. The van der Waals surface area contributed by atoms with Crippen molar-refractivity contribution in [1.29, 1.82) is 0 Å². The largest absolute Gasteiger partial charge is 0.461 e. The fraction of sp³-hybridized carbons (Fsp3) is 0.333. The van der Waals surface area contributed by atoms with Gasteiger partial charge in [-0.05, 0) is 25.1 Å². The average Bonchev–Trinajstić information content (AvgIpc) is 2.68. The Morgan fingerprint density at radius 3 is 3.00 bits per heavy atom. The number of benzene rings is 1. The molecule has 1 aromatic heterocycles. The van der Waals surface area contributed by atoms with Crippen LogP contribution in [0.15, 0.2) is 22.8 Å². The van der Waals surface area contributed by atoms with Crippen LogP contribution >= 0.6 is 11.6 Å². The van der Waals surface area contributed by atoms with Crippen LogP contribution in [0, 0.1) is 5.82 Å². The highest BCUT2D eigenvalue weighted by Crippen LogP contribution is 2.28. The van der Waals surface area contributed by atoms with E-state index >= 15 is 0 Å². The highest BCUT2D eigenvalue weighted by atomic mass is 35.5. The molecule has 0 aliphatic heterocycles. The Kier molecular flexibility index (Phi) is 3.46. The molecular weight excluding hydrogens is 229 g/mol. The van der Waals surface area contributed by atoms with Crippen LogP contribution in [-0.2, 0) is 6.54 Å². The first-order chi connectivity index (χ1) is 7.74. The topological polar surface area (TPSA) is 25.2 Å². The van der Waals surface area contributed by atoms with Crippen LogP contribution < -0.4 is 5.32 Å². The molecule has 0 spiro atoms. The van der Waals surface area contributed by atoms with Crippen molar-refractivity contribution in [3.8, 4) is 0 Å². The molecule has 2 aromatic rings. The molecule has 0 saturated heterocycles. The smallest absolute Gasteiger partial charge is 0.184 e. The van der Waals surface area contributed by atoms with Gasteiger partial charge in [-0.25, -0.2) is 4.39 Å². The summed E-state index contributed by atoms with van der Waals surface area (Å²) < 4.78 is 18.7. The van der Waals surface area contributed by atoms with Gasteiger partial charge in [-0.15, -0.1) is 0 Å². The molecule has 0 aliphatic rings. The fourth-order valence-corrected chi connectivity index (χ4v) is 1.78. The van der Waals surface area contributed by atoms with Gasteiger partial charge in [0, 0.05) is 17.5 Å². The first-order valence-electron chi connectivity index (χ1n) is 5.28. The number of fused-ring (bicyclic) bond motifs is 1. The lowest BCUT2D eigenvalue weighted by Gasteiger charge is -2.00. The van der Waals surface area contributed by atoms with Gasteiger partial charge in [0.05, 0.1) is 11.3 Å². The lowest BCUT2D eigenvalue weighted by atomic mass is 10.1. The Balaban J connectivity index is 2.31. The lowest BCUT2D eigenvalue weighted by molar-refractivity contribution is 0.556. The van der Waals surface area contributed by atoms with Crippen LogP contribution in [-0.4, -0.2) is 6.54 Å². The van der Waals surface area contributed by atoms with E-state index in [2.05, 4.69) is 12.2 Å². The first kappa shape index (κ1) is 11.4.